The maximum absolute atomic E-state index is 12.6. The summed E-state index contributed by atoms with van der Waals surface area (Å²) in [6.07, 6.45) is -4.57. The average molecular weight is 312 g/mol. The smallest absolute Gasteiger partial charge is 0.384 e. The molecule has 0 amide bonds. The van der Waals surface area contributed by atoms with Crippen molar-refractivity contribution in [1.29, 1.82) is 0 Å². The van der Waals surface area contributed by atoms with Crippen LogP contribution >= 0.6 is 23.2 Å². The summed E-state index contributed by atoms with van der Waals surface area (Å²) in [4.78, 5) is 11.1. The summed E-state index contributed by atoms with van der Waals surface area (Å²) in [7, 11) is 0. The van der Waals surface area contributed by atoms with E-state index in [0.717, 1.165) is 10.7 Å². The van der Waals surface area contributed by atoms with Gasteiger partial charge in [-0.2, -0.15) is 13.2 Å². The molecule has 19 heavy (non-hydrogen) atoms. The minimum Gasteiger partial charge on any atom is -0.384 e. The maximum Gasteiger partial charge on any atom is 0.416 e. The zero-order chi connectivity index (χ0) is 14.4. The molecular weight excluding hydrogens is 306 g/mol. The van der Waals surface area contributed by atoms with E-state index in [1.54, 1.807) is 0 Å². The van der Waals surface area contributed by atoms with Gasteiger partial charge >= 0.3 is 6.18 Å². The van der Waals surface area contributed by atoms with Crippen molar-refractivity contribution < 1.29 is 13.2 Å². The number of anilines is 1. The maximum atomic E-state index is 12.6. The Morgan fingerprint density at radius 3 is 2.05 bits per heavy atom. The van der Waals surface area contributed by atoms with E-state index in [1.165, 1.54) is 0 Å². The Morgan fingerprint density at radius 2 is 1.68 bits per heavy atom. The molecule has 2 rings (SSSR count). The van der Waals surface area contributed by atoms with Crippen molar-refractivity contribution in [3.8, 4) is 5.69 Å². The second kappa shape index (κ2) is 4.50. The molecule has 1 aromatic carbocycles. The van der Waals surface area contributed by atoms with E-state index < -0.39 is 17.3 Å². The van der Waals surface area contributed by atoms with Crippen molar-refractivity contribution in [2.24, 2.45) is 0 Å². The van der Waals surface area contributed by atoms with Gasteiger partial charge in [-0.05, 0) is 12.1 Å². The normalized spacial score (nSPS) is 11.8. The Morgan fingerprint density at radius 1 is 1.16 bits per heavy atom. The van der Waals surface area contributed by atoms with E-state index in [-0.39, 0.29) is 21.6 Å². The molecule has 2 aromatic rings. The highest BCUT2D eigenvalue weighted by atomic mass is 35.5. The van der Waals surface area contributed by atoms with E-state index in [9.17, 15) is 18.0 Å². The highest BCUT2D eigenvalue weighted by Crippen LogP contribution is 2.37. The molecule has 0 aliphatic rings. The molecule has 0 atom stereocenters. The standard InChI is InChI=1S/C10H6Cl2F3N3O/c11-5-1-4(10(13,14)15)2-6(12)9(5)18-7(16)3-8(19)17-18/h1-3H,16H2,(H,17,19). The number of hydrogen-bond donors (Lipinski definition) is 2. The summed E-state index contributed by atoms with van der Waals surface area (Å²) >= 11 is 11.5. The molecule has 0 aliphatic carbocycles. The first-order valence-corrected chi connectivity index (χ1v) is 5.60. The predicted molar refractivity (Wildman–Crippen MR) is 65.8 cm³/mol. The highest BCUT2D eigenvalue weighted by Gasteiger charge is 2.32. The van der Waals surface area contributed by atoms with E-state index in [1.807, 2.05) is 0 Å². The average Bonchev–Trinajstić information content (AvgIpc) is 2.55. The number of H-pyrrole nitrogens is 1. The highest BCUT2D eigenvalue weighted by molar-refractivity contribution is 6.37. The zero-order valence-electron chi connectivity index (χ0n) is 9.05. The fraction of sp³-hybridized carbons (Fsp3) is 0.100. The van der Waals surface area contributed by atoms with Crippen molar-refractivity contribution >= 4 is 29.0 Å². The molecule has 0 bridgehead atoms. The predicted octanol–water partition coefficient (Wildman–Crippen LogP) is 3.07. The number of hydrogen-bond acceptors (Lipinski definition) is 2. The third kappa shape index (κ3) is 2.57. The summed E-state index contributed by atoms with van der Waals surface area (Å²) in [6.45, 7) is 0. The number of benzene rings is 1. The Hall–Kier alpha value is -1.60. The number of alkyl halides is 3. The molecule has 0 saturated carbocycles. The van der Waals surface area contributed by atoms with Crippen LogP contribution in [-0.2, 0) is 6.18 Å². The summed E-state index contributed by atoms with van der Waals surface area (Å²) in [5, 5.41) is 1.73. The van der Waals surface area contributed by atoms with Gasteiger partial charge in [-0.1, -0.05) is 23.2 Å². The van der Waals surface area contributed by atoms with Gasteiger partial charge in [-0.15, -0.1) is 0 Å². The second-order valence-electron chi connectivity index (χ2n) is 3.67. The molecule has 4 nitrogen and oxygen atoms in total. The van der Waals surface area contributed by atoms with Gasteiger partial charge in [0, 0.05) is 6.07 Å². The van der Waals surface area contributed by atoms with E-state index in [0.29, 0.717) is 12.1 Å². The van der Waals surface area contributed by atoms with Gasteiger partial charge in [0.2, 0.25) is 0 Å². The number of halogens is 5. The van der Waals surface area contributed by atoms with Crippen LogP contribution in [0.4, 0.5) is 19.0 Å². The van der Waals surface area contributed by atoms with E-state index in [4.69, 9.17) is 28.9 Å². The first-order chi connectivity index (χ1) is 8.70. The third-order valence-electron chi connectivity index (χ3n) is 2.33. The summed E-state index contributed by atoms with van der Waals surface area (Å²) in [5.74, 6) is -0.0199. The van der Waals surface area contributed by atoms with Gasteiger partial charge in [0.15, 0.2) is 0 Å². The third-order valence-corrected chi connectivity index (χ3v) is 2.90. The number of nitrogen functional groups attached to an aromatic ring is 1. The SMILES string of the molecule is Nc1cc(=O)[nH]n1-c1c(Cl)cc(C(F)(F)F)cc1Cl. The van der Waals surface area contributed by atoms with Crippen molar-refractivity contribution in [2.45, 2.75) is 6.18 Å². The van der Waals surface area contributed by atoms with Crippen LogP contribution in [-0.4, -0.2) is 9.78 Å². The zero-order valence-corrected chi connectivity index (χ0v) is 10.6. The second-order valence-corrected chi connectivity index (χ2v) is 4.48. The molecule has 0 radical (unpaired) electrons. The Balaban J connectivity index is 2.67. The monoisotopic (exact) mass is 311 g/mol. The summed E-state index contributed by atoms with van der Waals surface area (Å²) < 4.78 is 38.7. The lowest BCUT2D eigenvalue weighted by atomic mass is 10.2. The van der Waals surface area contributed by atoms with Crippen molar-refractivity contribution in [3.05, 3.63) is 44.2 Å². The Kier molecular flexibility index (Phi) is 3.27. The van der Waals surface area contributed by atoms with Crippen molar-refractivity contribution in [1.82, 2.24) is 9.78 Å². The molecule has 102 valence electrons. The summed E-state index contributed by atoms with van der Waals surface area (Å²) in [6, 6.07) is 2.48. The largest absolute Gasteiger partial charge is 0.416 e. The lowest BCUT2D eigenvalue weighted by Gasteiger charge is -2.13. The van der Waals surface area contributed by atoms with Crippen LogP contribution < -0.4 is 11.3 Å². The van der Waals surface area contributed by atoms with E-state index in [2.05, 4.69) is 5.10 Å². The minimum absolute atomic E-state index is 0.0177. The van der Waals surface area contributed by atoms with Crippen LogP contribution in [0.2, 0.25) is 10.0 Å². The molecule has 0 saturated heterocycles. The molecule has 0 spiro atoms. The number of nitrogens with one attached hydrogen (secondary N) is 1. The van der Waals surface area contributed by atoms with Crippen molar-refractivity contribution in [3.63, 3.8) is 0 Å². The quantitative estimate of drug-likeness (QED) is 0.850. The number of rotatable bonds is 1. The van der Waals surface area contributed by atoms with Crippen molar-refractivity contribution in [2.75, 3.05) is 5.73 Å². The van der Waals surface area contributed by atoms with Gasteiger partial charge in [0.05, 0.1) is 15.6 Å². The Bertz CT molecular complexity index is 667. The van der Waals surface area contributed by atoms with Crippen LogP contribution in [0.1, 0.15) is 5.56 Å². The Labute approximate surface area is 114 Å². The molecule has 0 aliphatic heterocycles. The first kappa shape index (κ1) is 13.8. The lowest BCUT2D eigenvalue weighted by molar-refractivity contribution is -0.137. The number of nitrogens with zero attached hydrogens (tertiary/aromatic N) is 1. The van der Waals surface area contributed by atoms with Crippen LogP contribution in [0.3, 0.4) is 0 Å². The fourth-order valence-electron chi connectivity index (χ4n) is 1.53. The van der Waals surface area contributed by atoms with Crippen LogP contribution in [0.5, 0.6) is 0 Å². The molecule has 9 heteroatoms. The van der Waals surface area contributed by atoms with Crippen LogP contribution in [0, 0.1) is 0 Å². The van der Waals surface area contributed by atoms with Gasteiger partial charge < -0.3 is 5.73 Å². The van der Waals surface area contributed by atoms with Gasteiger partial charge in [-0.25, -0.2) is 4.68 Å². The number of aromatic nitrogens is 2. The minimum atomic E-state index is -4.57. The van der Waals surface area contributed by atoms with Crippen LogP contribution in [0.25, 0.3) is 5.69 Å². The first-order valence-electron chi connectivity index (χ1n) is 4.84. The molecule has 1 heterocycles. The van der Waals surface area contributed by atoms with Gasteiger partial charge in [-0.3, -0.25) is 9.89 Å². The van der Waals surface area contributed by atoms with Crippen LogP contribution in [0.15, 0.2) is 23.0 Å². The van der Waals surface area contributed by atoms with Gasteiger partial charge in [0.1, 0.15) is 11.5 Å². The van der Waals surface area contributed by atoms with Gasteiger partial charge in [0.25, 0.3) is 5.56 Å². The lowest BCUT2D eigenvalue weighted by Crippen LogP contribution is -2.09. The topological polar surface area (TPSA) is 63.8 Å². The van der Waals surface area contributed by atoms with E-state index >= 15 is 0 Å². The molecule has 0 unspecified atom stereocenters. The molecular formula is C10H6Cl2F3N3O. The number of nitrogens with two attached hydrogens (primary N) is 1. The fourth-order valence-corrected chi connectivity index (χ4v) is 2.19. The summed E-state index contributed by atoms with van der Waals surface area (Å²) in [5.41, 5.74) is 4.00. The number of aromatic amines is 1. The molecule has 1 aromatic heterocycles. The molecule has 0 fully saturated rings. The molecule has 3 N–H and O–H groups in total.